The van der Waals surface area contributed by atoms with Crippen molar-refractivity contribution >= 4 is 28.8 Å². The Balaban J connectivity index is 1.95. The van der Waals surface area contributed by atoms with Crippen LogP contribution < -0.4 is 5.32 Å². The van der Waals surface area contributed by atoms with Gasteiger partial charge in [0, 0.05) is 18.0 Å². The molecule has 1 aromatic heterocycles. The third kappa shape index (κ3) is 1.75. The van der Waals surface area contributed by atoms with Gasteiger partial charge < -0.3 is 5.32 Å². The monoisotopic (exact) mass is 256 g/mol. The van der Waals surface area contributed by atoms with Gasteiger partial charge in [-0.1, -0.05) is 11.6 Å². The number of amides is 1. The van der Waals surface area contributed by atoms with Crippen LogP contribution in [-0.2, 0) is 6.54 Å². The first kappa shape index (κ1) is 10.6. The molecule has 5 heteroatoms. The van der Waals surface area contributed by atoms with E-state index in [9.17, 15) is 4.79 Å². The van der Waals surface area contributed by atoms with E-state index in [2.05, 4.69) is 10.2 Å². The number of nitrogens with zero attached hydrogens (tertiary/aromatic N) is 1. The Bertz CT molecular complexity index is 432. The molecule has 0 radical (unpaired) electrons. The Morgan fingerprint density at radius 1 is 1.50 bits per heavy atom. The fourth-order valence-corrected chi connectivity index (χ4v) is 3.76. The molecule has 16 heavy (non-hydrogen) atoms. The van der Waals surface area contributed by atoms with Gasteiger partial charge in [-0.3, -0.25) is 9.69 Å². The van der Waals surface area contributed by atoms with Crippen LogP contribution in [0.2, 0.25) is 4.34 Å². The van der Waals surface area contributed by atoms with Crippen molar-refractivity contribution < 1.29 is 4.79 Å². The summed E-state index contributed by atoms with van der Waals surface area (Å²) in [6.07, 6.45) is 3.71. The third-order valence-electron chi connectivity index (χ3n) is 3.28. The molecule has 0 spiro atoms. The van der Waals surface area contributed by atoms with Crippen LogP contribution in [0.25, 0.3) is 0 Å². The molecule has 1 amide bonds. The number of rotatable bonds is 0. The molecule has 3 heterocycles. The smallest absolute Gasteiger partial charge is 0.253 e. The number of carbonyl (C=O) groups excluding carboxylic acids is 1. The van der Waals surface area contributed by atoms with E-state index in [1.807, 2.05) is 0 Å². The molecule has 0 aliphatic carbocycles. The number of nitrogens with one attached hydrogen (secondary N) is 1. The predicted octanol–water partition coefficient (Wildman–Crippen LogP) is 2.46. The fraction of sp³-hybridized carbons (Fsp3) is 0.545. The lowest BCUT2D eigenvalue weighted by Crippen LogP contribution is -2.48. The molecule has 0 saturated carbocycles. The summed E-state index contributed by atoms with van der Waals surface area (Å²) in [6.45, 7) is 1.93. The van der Waals surface area contributed by atoms with Gasteiger partial charge in [-0.25, -0.2) is 0 Å². The number of hydrogen-bond donors (Lipinski definition) is 1. The first-order chi connectivity index (χ1) is 7.74. The van der Waals surface area contributed by atoms with Crippen LogP contribution in [0.15, 0.2) is 6.07 Å². The lowest BCUT2D eigenvalue weighted by Gasteiger charge is -2.33. The molecular weight excluding hydrogens is 244 g/mol. The molecule has 1 N–H and O–H groups in total. The van der Waals surface area contributed by atoms with Gasteiger partial charge in [0.1, 0.15) is 0 Å². The van der Waals surface area contributed by atoms with Crippen LogP contribution >= 0.6 is 22.9 Å². The van der Waals surface area contributed by atoms with Crippen molar-refractivity contribution in [3.8, 4) is 0 Å². The lowest BCUT2D eigenvalue weighted by atomic mass is 10.1. The predicted molar refractivity (Wildman–Crippen MR) is 64.8 cm³/mol. The maximum absolute atomic E-state index is 12.0. The summed E-state index contributed by atoms with van der Waals surface area (Å²) < 4.78 is 0.704. The average molecular weight is 257 g/mol. The molecule has 1 atom stereocenters. The molecule has 86 valence electrons. The molecule has 1 saturated heterocycles. The zero-order valence-corrected chi connectivity index (χ0v) is 10.4. The molecule has 3 nitrogen and oxygen atoms in total. The van der Waals surface area contributed by atoms with Crippen LogP contribution in [-0.4, -0.2) is 23.5 Å². The zero-order chi connectivity index (χ0) is 11.1. The quantitative estimate of drug-likeness (QED) is 0.773. The Labute approximate surface area is 103 Å². The molecule has 0 aromatic carbocycles. The summed E-state index contributed by atoms with van der Waals surface area (Å²) in [5.74, 6) is 0.0348. The van der Waals surface area contributed by atoms with Crippen LogP contribution in [0, 0.1) is 0 Å². The van der Waals surface area contributed by atoms with E-state index >= 15 is 0 Å². The highest BCUT2D eigenvalue weighted by Crippen LogP contribution is 2.31. The maximum Gasteiger partial charge on any atom is 0.253 e. The SMILES string of the molecule is O=C1N[C@@H]2CCCCN2Cc2sc(Cl)cc21. The van der Waals surface area contributed by atoms with Gasteiger partial charge in [-0.15, -0.1) is 11.3 Å². The largest absolute Gasteiger partial charge is 0.336 e. The summed E-state index contributed by atoms with van der Waals surface area (Å²) in [5.41, 5.74) is 0.768. The maximum atomic E-state index is 12.0. The number of thiophene rings is 1. The molecular formula is C11H13ClN2OS. The van der Waals surface area contributed by atoms with E-state index in [-0.39, 0.29) is 12.1 Å². The van der Waals surface area contributed by atoms with Crippen LogP contribution in [0.3, 0.4) is 0 Å². The first-order valence-electron chi connectivity index (χ1n) is 5.57. The molecule has 3 rings (SSSR count). The van der Waals surface area contributed by atoms with E-state index in [1.54, 1.807) is 6.07 Å². The van der Waals surface area contributed by atoms with Gasteiger partial charge in [-0.2, -0.15) is 0 Å². The second-order valence-corrected chi connectivity index (χ2v) is 6.11. The fourth-order valence-electron chi connectivity index (χ4n) is 2.46. The van der Waals surface area contributed by atoms with Crippen LogP contribution in [0.4, 0.5) is 0 Å². The molecule has 0 bridgehead atoms. The number of halogens is 1. The van der Waals surface area contributed by atoms with E-state index in [1.165, 1.54) is 24.2 Å². The number of carbonyl (C=O) groups is 1. The van der Waals surface area contributed by atoms with E-state index in [0.29, 0.717) is 4.34 Å². The topological polar surface area (TPSA) is 32.3 Å². The van der Waals surface area contributed by atoms with Crippen LogP contribution in [0.1, 0.15) is 34.5 Å². The van der Waals surface area contributed by atoms with E-state index in [4.69, 9.17) is 11.6 Å². The van der Waals surface area contributed by atoms with Gasteiger partial charge in [0.05, 0.1) is 16.1 Å². The molecule has 2 aliphatic rings. The first-order valence-corrected chi connectivity index (χ1v) is 6.76. The van der Waals surface area contributed by atoms with Crippen molar-refractivity contribution in [2.45, 2.75) is 32.0 Å². The van der Waals surface area contributed by atoms with Crippen molar-refractivity contribution in [2.75, 3.05) is 6.54 Å². The summed E-state index contributed by atoms with van der Waals surface area (Å²) in [5, 5.41) is 3.09. The number of fused-ring (bicyclic) bond motifs is 2. The second-order valence-electron chi connectivity index (χ2n) is 4.34. The number of hydrogen-bond acceptors (Lipinski definition) is 3. The minimum atomic E-state index is 0.0348. The number of piperidine rings is 1. The Hall–Kier alpha value is -0.580. The average Bonchev–Trinajstić information content (AvgIpc) is 2.57. The van der Waals surface area contributed by atoms with Gasteiger partial charge in [-0.05, 0) is 25.3 Å². The minimum Gasteiger partial charge on any atom is -0.336 e. The highest BCUT2D eigenvalue weighted by molar-refractivity contribution is 7.16. The van der Waals surface area contributed by atoms with Crippen molar-refractivity contribution in [1.82, 2.24) is 10.2 Å². The lowest BCUT2D eigenvalue weighted by molar-refractivity contribution is 0.0796. The Morgan fingerprint density at radius 3 is 3.25 bits per heavy atom. The van der Waals surface area contributed by atoms with Crippen molar-refractivity contribution in [2.24, 2.45) is 0 Å². The summed E-state index contributed by atoms with van der Waals surface area (Å²) in [6, 6.07) is 1.79. The second kappa shape index (κ2) is 4.02. The highest BCUT2D eigenvalue weighted by Gasteiger charge is 2.30. The van der Waals surface area contributed by atoms with Crippen molar-refractivity contribution in [3.63, 3.8) is 0 Å². The Kier molecular flexibility index (Phi) is 2.65. The van der Waals surface area contributed by atoms with Crippen molar-refractivity contribution in [3.05, 3.63) is 20.8 Å². The van der Waals surface area contributed by atoms with Gasteiger partial charge in [0.2, 0.25) is 0 Å². The Morgan fingerprint density at radius 2 is 2.38 bits per heavy atom. The standard InChI is InChI=1S/C11H13ClN2OS/c12-9-5-7-8(16-9)6-14-4-2-1-3-10(14)13-11(7)15/h5,10H,1-4,6H2,(H,13,15)/t10-/m0/s1. The molecule has 1 aromatic rings. The van der Waals surface area contributed by atoms with Gasteiger partial charge >= 0.3 is 0 Å². The van der Waals surface area contributed by atoms with Gasteiger partial charge in [0.25, 0.3) is 5.91 Å². The zero-order valence-electron chi connectivity index (χ0n) is 8.83. The highest BCUT2D eigenvalue weighted by atomic mass is 35.5. The minimum absolute atomic E-state index is 0.0348. The third-order valence-corrected chi connectivity index (χ3v) is 4.53. The summed E-state index contributed by atoms with van der Waals surface area (Å²) in [7, 11) is 0. The van der Waals surface area contributed by atoms with Crippen LogP contribution in [0.5, 0.6) is 0 Å². The van der Waals surface area contributed by atoms with Crippen molar-refractivity contribution in [1.29, 1.82) is 0 Å². The molecule has 2 aliphatic heterocycles. The normalized spacial score (nSPS) is 25.6. The van der Waals surface area contributed by atoms with E-state index in [0.717, 1.165) is 30.0 Å². The molecule has 1 fully saturated rings. The summed E-state index contributed by atoms with van der Waals surface area (Å²) in [4.78, 5) is 15.4. The van der Waals surface area contributed by atoms with E-state index < -0.39 is 0 Å². The summed E-state index contributed by atoms with van der Waals surface area (Å²) >= 11 is 7.49. The van der Waals surface area contributed by atoms with Gasteiger partial charge in [0.15, 0.2) is 0 Å². The molecule has 0 unspecified atom stereocenters.